The Balaban J connectivity index is 0.000000396. The summed E-state index contributed by atoms with van der Waals surface area (Å²) in [7, 11) is 0. The summed E-state index contributed by atoms with van der Waals surface area (Å²) in [5.41, 5.74) is 0.337. The van der Waals surface area contributed by atoms with Crippen LogP contribution in [0, 0.1) is 0 Å². The first kappa shape index (κ1) is 9.77. The van der Waals surface area contributed by atoms with E-state index in [2.05, 4.69) is 11.9 Å². The highest BCUT2D eigenvalue weighted by atomic mass is 35.5. The monoisotopic (exact) mass is 198 g/mol. The molecule has 1 aromatic heterocycles. The zero-order valence-corrected chi connectivity index (χ0v) is 7.36. The predicted molar refractivity (Wildman–Crippen MR) is 50.6 cm³/mol. The van der Waals surface area contributed by atoms with Gasteiger partial charge in [0.25, 0.3) is 0 Å². The van der Waals surface area contributed by atoms with Crippen LogP contribution in [0.15, 0.2) is 45.6 Å². The minimum atomic E-state index is -0.302. The number of rotatable bonds is 0. The van der Waals surface area contributed by atoms with E-state index in [4.69, 9.17) is 9.08 Å². The van der Waals surface area contributed by atoms with E-state index in [1.807, 2.05) is 18.2 Å². The van der Waals surface area contributed by atoms with Crippen LogP contribution in [-0.2, 0) is 0 Å². The Morgan fingerprint density at radius 1 is 1.08 bits per heavy atom. The topological polar surface area (TPSA) is 50.4 Å². The van der Waals surface area contributed by atoms with Crippen LogP contribution in [0.3, 0.4) is 0 Å². The molecule has 0 fully saturated rings. The third-order valence-corrected chi connectivity index (χ3v) is 1.53. The van der Waals surface area contributed by atoms with Crippen molar-refractivity contribution in [2.45, 2.75) is 0 Å². The Hall–Kier alpha value is -1.32. The fourth-order valence-corrected chi connectivity index (χ4v) is 1.01. The van der Waals surface area contributed by atoms with Crippen molar-refractivity contribution < 1.29 is 9.08 Å². The van der Waals surface area contributed by atoms with Crippen LogP contribution in [0.2, 0.25) is 0 Å². The summed E-state index contributed by atoms with van der Waals surface area (Å²) in [5.74, 6) is 0. The molecule has 0 saturated carbocycles. The van der Waals surface area contributed by atoms with Gasteiger partial charge >= 0.3 is 5.63 Å². The Bertz CT molecular complexity index is 436. The first-order valence-electron chi connectivity index (χ1n) is 3.52. The van der Waals surface area contributed by atoms with Gasteiger partial charge in [0.05, 0.1) is 11.9 Å². The summed E-state index contributed by atoms with van der Waals surface area (Å²) >= 11 is 3.64. The molecule has 0 unspecified atom stereocenters. The van der Waals surface area contributed by atoms with Gasteiger partial charge in [0.1, 0.15) is 5.58 Å². The van der Waals surface area contributed by atoms with Crippen molar-refractivity contribution in [3.63, 3.8) is 0 Å². The SMILES string of the molecule is O=c1ccc2ccccc2o1.OCl. The largest absolute Gasteiger partial charge is 0.423 e. The van der Waals surface area contributed by atoms with Crippen molar-refractivity contribution >= 4 is 22.8 Å². The van der Waals surface area contributed by atoms with Crippen molar-refractivity contribution in [2.24, 2.45) is 0 Å². The van der Waals surface area contributed by atoms with Crippen LogP contribution in [-0.4, -0.2) is 4.66 Å². The third-order valence-electron chi connectivity index (χ3n) is 1.53. The maximum atomic E-state index is 10.7. The molecule has 0 atom stereocenters. The lowest BCUT2D eigenvalue weighted by Crippen LogP contribution is -1.93. The molecule has 0 amide bonds. The molecule has 1 N–H and O–H groups in total. The second-order valence-electron chi connectivity index (χ2n) is 2.29. The molecule has 2 aromatic rings. The van der Waals surface area contributed by atoms with Gasteiger partial charge in [-0.2, -0.15) is 0 Å². The highest BCUT2D eigenvalue weighted by Gasteiger charge is 1.92. The Morgan fingerprint density at radius 3 is 2.54 bits per heavy atom. The summed E-state index contributed by atoms with van der Waals surface area (Å²) in [6, 6.07) is 10.6. The Kier molecular flexibility index (Phi) is 3.49. The van der Waals surface area contributed by atoms with E-state index < -0.39 is 0 Å². The van der Waals surface area contributed by atoms with Crippen LogP contribution in [0.4, 0.5) is 0 Å². The van der Waals surface area contributed by atoms with Crippen LogP contribution in [0.25, 0.3) is 11.0 Å². The van der Waals surface area contributed by atoms with E-state index in [1.54, 1.807) is 12.1 Å². The smallest absolute Gasteiger partial charge is 0.336 e. The molecule has 2 rings (SSSR count). The van der Waals surface area contributed by atoms with E-state index in [-0.39, 0.29) is 5.63 Å². The second-order valence-corrected chi connectivity index (χ2v) is 2.29. The number of hydrogen-bond acceptors (Lipinski definition) is 3. The van der Waals surface area contributed by atoms with E-state index in [9.17, 15) is 4.79 Å². The third kappa shape index (κ3) is 2.31. The van der Waals surface area contributed by atoms with Gasteiger partial charge < -0.3 is 4.42 Å². The first-order valence-corrected chi connectivity index (χ1v) is 3.86. The molecule has 0 aliphatic carbocycles. The molecule has 0 aliphatic heterocycles. The zero-order valence-electron chi connectivity index (χ0n) is 6.61. The van der Waals surface area contributed by atoms with Crippen molar-refractivity contribution in [1.29, 1.82) is 0 Å². The quantitative estimate of drug-likeness (QED) is 0.658. The molecular weight excluding hydrogens is 192 g/mol. The van der Waals surface area contributed by atoms with E-state index >= 15 is 0 Å². The molecule has 4 heteroatoms. The molecule has 0 aliphatic rings. The maximum Gasteiger partial charge on any atom is 0.336 e. The molecule has 1 aromatic carbocycles. The second kappa shape index (κ2) is 4.64. The van der Waals surface area contributed by atoms with Gasteiger partial charge in [-0.05, 0) is 12.1 Å². The Morgan fingerprint density at radius 2 is 1.77 bits per heavy atom. The van der Waals surface area contributed by atoms with Gasteiger partial charge in [0.2, 0.25) is 0 Å². The van der Waals surface area contributed by atoms with Crippen molar-refractivity contribution in [1.82, 2.24) is 0 Å². The van der Waals surface area contributed by atoms with Crippen LogP contribution in [0.1, 0.15) is 0 Å². The number of benzene rings is 1. The standard InChI is InChI=1S/C9H6O2.ClHO/c10-9-6-5-7-3-1-2-4-8(7)11-9;1-2/h1-6H;2H. The first-order chi connectivity index (χ1) is 6.36. The van der Waals surface area contributed by atoms with Crippen molar-refractivity contribution in [3.05, 3.63) is 46.8 Å². The molecule has 0 saturated heterocycles. The molecule has 0 bridgehead atoms. The Labute approximate surface area is 79.4 Å². The summed E-state index contributed by atoms with van der Waals surface area (Å²) in [4.78, 5) is 10.7. The zero-order chi connectivity index (χ0) is 9.68. The number of hydrogen-bond donors (Lipinski definition) is 1. The van der Waals surface area contributed by atoms with Crippen molar-refractivity contribution in [2.75, 3.05) is 0 Å². The fourth-order valence-electron chi connectivity index (χ4n) is 1.01. The van der Waals surface area contributed by atoms with Crippen LogP contribution in [0.5, 0.6) is 0 Å². The fraction of sp³-hybridized carbons (Fsp3) is 0. The number of halogens is 1. The van der Waals surface area contributed by atoms with Gasteiger partial charge in [0.15, 0.2) is 0 Å². The average molecular weight is 199 g/mol. The van der Waals surface area contributed by atoms with Gasteiger partial charge in [-0.1, -0.05) is 18.2 Å². The molecule has 3 nitrogen and oxygen atoms in total. The molecule has 68 valence electrons. The van der Waals surface area contributed by atoms with Crippen LogP contribution >= 0.6 is 11.9 Å². The van der Waals surface area contributed by atoms with Gasteiger partial charge in [0, 0.05) is 11.5 Å². The number of para-hydroxylation sites is 1. The maximum absolute atomic E-state index is 10.7. The summed E-state index contributed by atoms with van der Waals surface area (Å²) in [6.45, 7) is 0. The van der Waals surface area contributed by atoms with Crippen molar-refractivity contribution in [3.8, 4) is 0 Å². The molecule has 0 spiro atoms. The highest BCUT2D eigenvalue weighted by molar-refractivity contribution is 6.04. The summed E-state index contributed by atoms with van der Waals surface area (Å²) < 4.78 is 11.4. The predicted octanol–water partition coefficient (Wildman–Crippen LogP) is 1.93. The number of fused-ring (bicyclic) bond motifs is 1. The average Bonchev–Trinajstić information content (AvgIpc) is 2.21. The summed E-state index contributed by atoms with van der Waals surface area (Å²) in [5, 5.41) is 0.951. The minimum Gasteiger partial charge on any atom is -0.423 e. The van der Waals surface area contributed by atoms with E-state index in [0.29, 0.717) is 5.58 Å². The van der Waals surface area contributed by atoms with E-state index in [0.717, 1.165) is 5.39 Å². The molecule has 13 heavy (non-hydrogen) atoms. The minimum absolute atomic E-state index is 0.302. The normalized spacial score (nSPS) is 9.08. The lowest BCUT2D eigenvalue weighted by molar-refractivity contribution is 0.561. The van der Waals surface area contributed by atoms with E-state index in [1.165, 1.54) is 6.07 Å². The highest BCUT2D eigenvalue weighted by Crippen LogP contribution is 2.08. The van der Waals surface area contributed by atoms with Gasteiger partial charge in [-0.3, -0.25) is 4.66 Å². The lowest BCUT2D eigenvalue weighted by atomic mass is 10.2. The molecule has 0 radical (unpaired) electrons. The lowest BCUT2D eigenvalue weighted by Gasteiger charge is -1.91. The summed E-state index contributed by atoms with van der Waals surface area (Å²) in [6.07, 6.45) is 0. The van der Waals surface area contributed by atoms with Gasteiger partial charge in [-0.25, -0.2) is 4.79 Å². The molecular formula is C9H7ClO3. The molecule has 1 heterocycles. The van der Waals surface area contributed by atoms with Crippen LogP contribution < -0.4 is 5.63 Å². The van der Waals surface area contributed by atoms with Gasteiger partial charge in [-0.15, -0.1) is 0 Å².